The molecule has 0 heterocycles. The molecule has 0 saturated carbocycles. The van der Waals surface area contributed by atoms with Crippen LogP contribution in [0.2, 0.25) is 0 Å². The summed E-state index contributed by atoms with van der Waals surface area (Å²) in [5, 5.41) is 0. The number of hydrogen-bond donors (Lipinski definition) is 0. The van der Waals surface area contributed by atoms with Crippen molar-refractivity contribution in [2.45, 2.75) is 0 Å². The van der Waals surface area contributed by atoms with E-state index in [0.717, 1.165) is 5.56 Å². The molecule has 0 atom stereocenters. The second kappa shape index (κ2) is 4.56. The fourth-order valence-corrected chi connectivity index (χ4v) is 1.48. The Hall–Kier alpha value is -1.89. The fourth-order valence-electron chi connectivity index (χ4n) is 1.48. The first-order valence-corrected chi connectivity index (χ1v) is 4.98. The molecule has 0 aliphatic heterocycles. The van der Waals surface area contributed by atoms with Crippen molar-refractivity contribution in [3.8, 4) is 0 Å². The van der Waals surface area contributed by atoms with Crippen LogP contribution in [-0.4, -0.2) is 5.78 Å². The summed E-state index contributed by atoms with van der Waals surface area (Å²) in [6, 6.07) is 9.83. The second-order valence-electron chi connectivity index (χ2n) is 3.44. The summed E-state index contributed by atoms with van der Waals surface area (Å²) in [4.78, 5) is 11.6. The molecule has 1 nitrogen and oxygen atoms in total. The van der Waals surface area contributed by atoms with Gasteiger partial charge in [-0.2, -0.15) is 0 Å². The van der Waals surface area contributed by atoms with E-state index < -0.39 is 0 Å². The van der Waals surface area contributed by atoms with E-state index in [9.17, 15) is 4.79 Å². The third-order valence-electron chi connectivity index (χ3n) is 2.32. The Balaban J connectivity index is 2.03. The Labute approximate surface area is 89.4 Å². The topological polar surface area (TPSA) is 17.1 Å². The highest BCUT2D eigenvalue weighted by Gasteiger charge is 2.10. The molecule has 1 aromatic carbocycles. The molecule has 0 bridgehead atoms. The molecule has 15 heavy (non-hydrogen) atoms. The normalized spacial score (nSPS) is 15.2. The van der Waals surface area contributed by atoms with Gasteiger partial charge >= 0.3 is 0 Å². The molecule has 0 N–H and O–H groups in total. The predicted octanol–water partition coefficient (Wildman–Crippen LogP) is 3.01. The number of carbonyl (C=O) groups excluding carboxylic acids is 1. The van der Waals surface area contributed by atoms with Gasteiger partial charge in [0.1, 0.15) is 0 Å². The van der Waals surface area contributed by atoms with Gasteiger partial charge in [0.15, 0.2) is 5.78 Å². The zero-order valence-corrected chi connectivity index (χ0v) is 8.34. The zero-order chi connectivity index (χ0) is 10.5. The van der Waals surface area contributed by atoms with E-state index >= 15 is 0 Å². The van der Waals surface area contributed by atoms with Gasteiger partial charge in [-0.3, -0.25) is 4.79 Å². The predicted molar refractivity (Wildman–Crippen MR) is 62.3 cm³/mol. The average molecular weight is 196 g/mol. The smallest absolute Gasteiger partial charge is 0.166 e. The Morgan fingerprint density at radius 2 is 1.73 bits per heavy atom. The molecule has 74 valence electrons. The molecule has 0 saturated heterocycles. The Morgan fingerprint density at radius 1 is 1.07 bits per heavy atom. The quantitative estimate of drug-likeness (QED) is 0.679. The van der Waals surface area contributed by atoms with E-state index in [1.165, 1.54) is 0 Å². The van der Waals surface area contributed by atoms with Gasteiger partial charge in [0, 0.05) is 0 Å². The van der Waals surface area contributed by atoms with Crippen molar-refractivity contribution in [2.75, 3.05) is 0 Å². The Morgan fingerprint density at radius 3 is 2.40 bits per heavy atom. The minimum absolute atomic E-state index is 0.0648. The van der Waals surface area contributed by atoms with Crippen LogP contribution < -0.4 is 0 Å². The van der Waals surface area contributed by atoms with Crippen LogP contribution >= 0.6 is 0 Å². The molecule has 2 rings (SSSR count). The first kappa shape index (κ1) is 9.66. The summed E-state index contributed by atoms with van der Waals surface area (Å²) < 4.78 is 0. The Kier molecular flexibility index (Phi) is 2.93. The van der Waals surface area contributed by atoms with Gasteiger partial charge in [-0.1, -0.05) is 60.7 Å². The van der Waals surface area contributed by atoms with Gasteiger partial charge in [-0.15, -0.1) is 0 Å². The molecule has 0 unspecified atom stereocenters. The number of ketones is 1. The zero-order valence-electron chi connectivity index (χ0n) is 8.34. The fraction of sp³-hybridized carbons (Fsp3) is 0.0714. The van der Waals surface area contributed by atoms with Crippen LogP contribution in [-0.2, 0) is 4.79 Å². The number of rotatable bonds is 3. The first-order chi connectivity index (χ1) is 7.36. The third kappa shape index (κ3) is 2.53. The van der Waals surface area contributed by atoms with Crippen molar-refractivity contribution in [3.63, 3.8) is 0 Å². The van der Waals surface area contributed by atoms with Crippen molar-refractivity contribution < 1.29 is 4.79 Å². The van der Waals surface area contributed by atoms with Gasteiger partial charge in [-0.25, -0.2) is 0 Å². The minimum Gasteiger partial charge on any atom is -0.294 e. The van der Waals surface area contributed by atoms with Crippen molar-refractivity contribution in [3.05, 3.63) is 66.3 Å². The van der Waals surface area contributed by atoms with E-state index in [0.29, 0.717) is 0 Å². The number of carbonyl (C=O) groups is 1. The van der Waals surface area contributed by atoms with Crippen molar-refractivity contribution in [1.29, 1.82) is 0 Å². The molecule has 1 aromatic rings. The standard InChI is InChI=1S/C14H12O/c15-14(13-8-4-5-9-13)11-10-12-6-2-1-3-7-12/h1-11,13H/b11-10+. The summed E-state index contributed by atoms with van der Waals surface area (Å²) >= 11 is 0. The Bertz CT molecular complexity index is 412. The van der Waals surface area contributed by atoms with E-state index in [2.05, 4.69) is 0 Å². The molecule has 0 fully saturated rings. The van der Waals surface area contributed by atoms with Crippen LogP contribution in [0.3, 0.4) is 0 Å². The summed E-state index contributed by atoms with van der Waals surface area (Å²) in [5.74, 6) is 0.0637. The van der Waals surface area contributed by atoms with Crippen molar-refractivity contribution >= 4 is 11.9 Å². The molecule has 0 radical (unpaired) electrons. The minimum atomic E-state index is -0.0648. The largest absolute Gasteiger partial charge is 0.294 e. The van der Waals surface area contributed by atoms with Crippen LogP contribution in [0.4, 0.5) is 0 Å². The first-order valence-electron chi connectivity index (χ1n) is 4.98. The van der Waals surface area contributed by atoms with Crippen LogP contribution in [0.15, 0.2) is 60.7 Å². The van der Waals surface area contributed by atoms with Gasteiger partial charge < -0.3 is 0 Å². The summed E-state index contributed by atoms with van der Waals surface area (Å²) in [6.07, 6.45) is 11.1. The van der Waals surface area contributed by atoms with Crippen LogP contribution in [0.25, 0.3) is 6.08 Å². The van der Waals surface area contributed by atoms with Gasteiger partial charge in [0.2, 0.25) is 0 Å². The molecule has 0 aromatic heterocycles. The molecular weight excluding hydrogens is 184 g/mol. The van der Waals surface area contributed by atoms with Crippen molar-refractivity contribution in [1.82, 2.24) is 0 Å². The molecule has 0 amide bonds. The van der Waals surface area contributed by atoms with Gasteiger partial charge in [0.05, 0.1) is 5.92 Å². The lowest BCUT2D eigenvalue weighted by Gasteiger charge is -1.98. The van der Waals surface area contributed by atoms with Gasteiger partial charge in [0.25, 0.3) is 0 Å². The number of hydrogen-bond acceptors (Lipinski definition) is 1. The highest BCUT2D eigenvalue weighted by atomic mass is 16.1. The summed E-state index contributed by atoms with van der Waals surface area (Å²) in [5.41, 5.74) is 1.05. The maximum absolute atomic E-state index is 11.6. The lowest BCUT2D eigenvalue weighted by atomic mass is 10.1. The van der Waals surface area contributed by atoms with Crippen LogP contribution in [0, 0.1) is 5.92 Å². The van der Waals surface area contributed by atoms with Crippen molar-refractivity contribution in [2.24, 2.45) is 5.92 Å². The third-order valence-corrected chi connectivity index (χ3v) is 2.32. The maximum atomic E-state index is 11.6. The highest BCUT2D eigenvalue weighted by molar-refractivity contribution is 5.98. The molecule has 1 aliphatic carbocycles. The number of allylic oxidation sites excluding steroid dienone is 5. The van der Waals surface area contributed by atoms with E-state index in [1.54, 1.807) is 6.08 Å². The molecular formula is C14H12O. The van der Waals surface area contributed by atoms with E-state index in [-0.39, 0.29) is 11.7 Å². The monoisotopic (exact) mass is 196 g/mol. The molecule has 1 heteroatoms. The second-order valence-corrected chi connectivity index (χ2v) is 3.44. The van der Waals surface area contributed by atoms with Crippen LogP contribution in [0.1, 0.15) is 5.56 Å². The lowest BCUT2D eigenvalue weighted by molar-refractivity contribution is -0.115. The summed E-state index contributed by atoms with van der Waals surface area (Å²) in [7, 11) is 0. The SMILES string of the molecule is O=C(/C=C/c1ccccc1)C1C=CC=C1. The van der Waals surface area contributed by atoms with E-state index in [1.807, 2.05) is 60.7 Å². The lowest BCUT2D eigenvalue weighted by Crippen LogP contribution is -2.03. The maximum Gasteiger partial charge on any atom is 0.166 e. The number of benzene rings is 1. The van der Waals surface area contributed by atoms with Gasteiger partial charge in [-0.05, 0) is 11.6 Å². The highest BCUT2D eigenvalue weighted by Crippen LogP contribution is 2.11. The molecule has 0 spiro atoms. The summed E-state index contributed by atoms with van der Waals surface area (Å²) in [6.45, 7) is 0. The van der Waals surface area contributed by atoms with E-state index in [4.69, 9.17) is 0 Å². The molecule has 1 aliphatic rings. The average Bonchev–Trinajstić information content (AvgIpc) is 2.81. The van der Waals surface area contributed by atoms with Crippen LogP contribution in [0.5, 0.6) is 0 Å².